The van der Waals surface area contributed by atoms with Crippen molar-refractivity contribution in [3.05, 3.63) is 63.9 Å². The Morgan fingerprint density at radius 2 is 1.85 bits per heavy atom. The normalized spacial score (nSPS) is 16.2. The molecule has 1 fully saturated rings. The molecule has 27 heavy (non-hydrogen) atoms. The zero-order valence-corrected chi connectivity index (χ0v) is 17.3. The van der Waals surface area contributed by atoms with Crippen molar-refractivity contribution in [1.29, 1.82) is 0 Å². The minimum Gasteiger partial charge on any atom is -0.337 e. The molecule has 3 rings (SSSR count). The number of hydrogen-bond acceptors (Lipinski definition) is 3. The fourth-order valence-corrected chi connectivity index (χ4v) is 5.60. The zero-order valence-electron chi connectivity index (χ0n) is 14.9. The number of nitrogens with zero attached hydrogens (tertiary/aromatic N) is 2. The summed E-state index contributed by atoms with van der Waals surface area (Å²) in [5.74, 6) is -0.604. The van der Waals surface area contributed by atoms with E-state index in [2.05, 4.69) is 15.9 Å². The quantitative estimate of drug-likeness (QED) is 0.713. The molecule has 0 spiro atoms. The Morgan fingerprint density at radius 1 is 1.07 bits per heavy atom. The molecule has 0 atom stereocenters. The lowest BCUT2D eigenvalue weighted by molar-refractivity contribution is 0.0764. The van der Waals surface area contributed by atoms with Gasteiger partial charge in [-0.05, 0) is 59.6 Å². The fourth-order valence-electron chi connectivity index (χ4n) is 3.12. The molecule has 0 aromatic heterocycles. The number of carbonyl (C=O) groups is 1. The van der Waals surface area contributed by atoms with Gasteiger partial charge in [-0.25, -0.2) is 12.8 Å². The standard InChI is InChI=1S/C19H20BrFN2O3S/c1-14-4-2-5-15(12-14)19(24)22-8-3-9-23(11-10-22)27(25,26)18-7-6-16(21)13-17(18)20/h2,4-7,12-13H,3,8-11H2,1H3. The third-order valence-corrected chi connectivity index (χ3v) is 7.39. The first-order chi connectivity index (χ1) is 12.8. The first-order valence-corrected chi connectivity index (χ1v) is 10.8. The van der Waals surface area contributed by atoms with E-state index in [1.807, 2.05) is 25.1 Å². The number of aryl methyl sites for hydroxylation is 1. The third-order valence-electron chi connectivity index (χ3n) is 4.52. The minimum atomic E-state index is -3.77. The predicted octanol–water partition coefficient (Wildman–Crippen LogP) is 3.43. The molecule has 1 amide bonds. The Kier molecular flexibility index (Phi) is 5.98. The molecule has 2 aromatic rings. The zero-order chi connectivity index (χ0) is 19.6. The van der Waals surface area contributed by atoms with E-state index < -0.39 is 15.8 Å². The molecular formula is C19H20BrFN2O3S. The van der Waals surface area contributed by atoms with E-state index in [-0.39, 0.29) is 21.8 Å². The summed E-state index contributed by atoms with van der Waals surface area (Å²) in [6, 6.07) is 10.9. The van der Waals surface area contributed by atoms with Gasteiger partial charge in [0.15, 0.2) is 0 Å². The summed E-state index contributed by atoms with van der Waals surface area (Å²) >= 11 is 3.13. The van der Waals surface area contributed by atoms with Crippen LogP contribution in [0.2, 0.25) is 0 Å². The van der Waals surface area contributed by atoms with Crippen LogP contribution in [0.5, 0.6) is 0 Å². The Labute approximate surface area is 167 Å². The summed E-state index contributed by atoms with van der Waals surface area (Å²) < 4.78 is 40.7. The van der Waals surface area contributed by atoms with Crippen LogP contribution < -0.4 is 0 Å². The highest BCUT2D eigenvalue weighted by atomic mass is 79.9. The maximum atomic E-state index is 13.3. The van der Waals surface area contributed by atoms with Crippen LogP contribution in [-0.2, 0) is 10.0 Å². The van der Waals surface area contributed by atoms with Gasteiger partial charge in [0.25, 0.3) is 5.91 Å². The van der Waals surface area contributed by atoms with Crippen molar-refractivity contribution in [2.75, 3.05) is 26.2 Å². The molecule has 0 saturated carbocycles. The van der Waals surface area contributed by atoms with Crippen molar-refractivity contribution in [1.82, 2.24) is 9.21 Å². The van der Waals surface area contributed by atoms with Gasteiger partial charge in [-0.2, -0.15) is 4.31 Å². The van der Waals surface area contributed by atoms with Crippen LogP contribution >= 0.6 is 15.9 Å². The van der Waals surface area contributed by atoms with Gasteiger partial charge in [-0.1, -0.05) is 17.7 Å². The lowest BCUT2D eigenvalue weighted by atomic mass is 10.1. The van der Waals surface area contributed by atoms with Gasteiger partial charge in [0.2, 0.25) is 10.0 Å². The number of amides is 1. The summed E-state index contributed by atoms with van der Waals surface area (Å²) in [4.78, 5) is 14.4. The average molecular weight is 455 g/mol. The molecule has 144 valence electrons. The van der Waals surface area contributed by atoms with Crippen LogP contribution in [0.25, 0.3) is 0 Å². The van der Waals surface area contributed by atoms with Gasteiger partial charge in [0.05, 0.1) is 4.90 Å². The van der Waals surface area contributed by atoms with Crippen LogP contribution in [-0.4, -0.2) is 49.7 Å². The smallest absolute Gasteiger partial charge is 0.253 e. The van der Waals surface area contributed by atoms with Crippen molar-refractivity contribution < 1.29 is 17.6 Å². The number of hydrogen-bond donors (Lipinski definition) is 0. The molecule has 0 unspecified atom stereocenters. The summed E-state index contributed by atoms with van der Waals surface area (Å²) in [5, 5.41) is 0. The Bertz CT molecular complexity index is 965. The summed E-state index contributed by atoms with van der Waals surface area (Å²) in [7, 11) is -3.77. The van der Waals surface area contributed by atoms with Crippen LogP contribution in [0.4, 0.5) is 4.39 Å². The van der Waals surface area contributed by atoms with E-state index in [1.54, 1.807) is 11.0 Å². The molecule has 0 N–H and O–H groups in total. The summed E-state index contributed by atoms with van der Waals surface area (Å²) in [6.07, 6.45) is 0.537. The molecular weight excluding hydrogens is 435 g/mol. The van der Waals surface area contributed by atoms with E-state index in [0.717, 1.165) is 17.7 Å². The van der Waals surface area contributed by atoms with Gasteiger partial charge < -0.3 is 4.90 Å². The SMILES string of the molecule is Cc1cccc(C(=O)N2CCCN(S(=O)(=O)c3ccc(F)cc3Br)CC2)c1. The molecule has 1 aliphatic rings. The molecule has 0 bridgehead atoms. The van der Waals surface area contributed by atoms with Crippen molar-refractivity contribution in [2.45, 2.75) is 18.2 Å². The van der Waals surface area contributed by atoms with Gasteiger partial charge in [0, 0.05) is 36.2 Å². The topological polar surface area (TPSA) is 57.7 Å². The number of benzene rings is 2. The number of carbonyl (C=O) groups excluding carboxylic acids is 1. The second-order valence-corrected chi connectivity index (χ2v) is 9.25. The van der Waals surface area contributed by atoms with Crippen molar-refractivity contribution in [2.24, 2.45) is 0 Å². The minimum absolute atomic E-state index is 0.0300. The maximum absolute atomic E-state index is 13.3. The number of rotatable bonds is 3. The highest BCUT2D eigenvalue weighted by molar-refractivity contribution is 9.10. The van der Waals surface area contributed by atoms with Crippen molar-refractivity contribution in [3.63, 3.8) is 0 Å². The first-order valence-electron chi connectivity index (χ1n) is 8.60. The number of sulfonamides is 1. The van der Waals surface area contributed by atoms with E-state index >= 15 is 0 Å². The lowest BCUT2D eigenvalue weighted by Gasteiger charge is -2.22. The van der Waals surface area contributed by atoms with Gasteiger partial charge in [0.1, 0.15) is 5.82 Å². The van der Waals surface area contributed by atoms with Crippen molar-refractivity contribution >= 4 is 31.9 Å². The van der Waals surface area contributed by atoms with Crippen LogP contribution in [0.1, 0.15) is 22.3 Å². The Hall–Kier alpha value is -1.77. The van der Waals surface area contributed by atoms with Crippen LogP contribution in [0.3, 0.4) is 0 Å². The molecule has 5 nitrogen and oxygen atoms in total. The lowest BCUT2D eigenvalue weighted by Crippen LogP contribution is -2.37. The van der Waals surface area contributed by atoms with Crippen molar-refractivity contribution in [3.8, 4) is 0 Å². The second-order valence-electron chi connectivity index (χ2n) is 6.49. The molecule has 8 heteroatoms. The predicted molar refractivity (Wildman–Crippen MR) is 105 cm³/mol. The largest absolute Gasteiger partial charge is 0.337 e. The summed E-state index contributed by atoms with van der Waals surface area (Å²) in [5.41, 5.74) is 1.61. The van der Waals surface area contributed by atoms with Crippen LogP contribution in [0.15, 0.2) is 51.8 Å². The molecule has 1 heterocycles. The Balaban J connectivity index is 1.77. The first kappa shape index (κ1) is 20.0. The van der Waals surface area contributed by atoms with E-state index in [0.29, 0.717) is 31.6 Å². The van der Waals surface area contributed by atoms with Gasteiger partial charge in [-0.3, -0.25) is 4.79 Å². The van der Waals surface area contributed by atoms with E-state index in [9.17, 15) is 17.6 Å². The maximum Gasteiger partial charge on any atom is 0.253 e. The van der Waals surface area contributed by atoms with Gasteiger partial charge >= 0.3 is 0 Å². The highest BCUT2D eigenvalue weighted by Crippen LogP contribution is 2.26. The Morgan fingerprint density at radius 3 is 2.56 bits per heavy atom. The number of halogens is 2. The second kappa shape index (κ2) is 8.08. The molecule has 1 aliphatic heterocycles. The summed E-state index contributed by atoms with van der Waals surface area (Å²) in [6.45, 7) is 3.23. The van der Waals surface area contributed by atoms with E-state index in [4.69, 9.17) is 0 Å². The molecule has 0 aliphatic carbocycles. The highest BCUT2D eigenvalue weighted by Gasteiger charge is 2.30. The van der Waals surface area contributed by atoms with Gasteiger partial charge in [-0.15, -0.1) is 0 Å². The van der Waals surface area contributed by atoms with E-state index in [1.165, 1.54) is 10.4 Å². The fraction of sp³-hybridized carbons (Fsp3) is 0.316. The molecule has 1 saturated heterocycles. The molecule has 2 aromatic carbocycles. The third kappa shape index (κ3) is 4.39. The molecule has 0 radical (unpaired) electrons. The van der Waals surface area contributed by atoms with Crippen LogP contribution in [0, 0.1) is 12.7 Å². The monoisotopic (exact) mass is 454 g/mol. The average Bonchev–Trinajstić information content (AvgIpc) is 2.87.